The monoisotopic (exact) mass is 416 g/mol. The van der Waals surface area contributed by atoms with Crippen molar-refractivity contribution in [3.63, 3.8) is 0 Å². The molecule has 1 amide bonds. The van der Waals surface area contributed by atoms with Crippen molar-refractivity contribution >= 4 is 22.4 Å². The zero-order valence-electron chi connectivity index (χ0n) is 15.4. The molecule has 4 rings (SSSR count). The van der Waals surface area contributed by atoms with E-state index in [-0.39, 0.29) is 22.5 Å². The highest BCUT2D eigenvalue weighted by Crippen LogP contribution is 2.28. The molecule has 2 heterocycles. The predicted octanol–water partition coefficient (Wildman–Crippen LogP) is 4.90. The number of nitrogens with zero attached hydrogens (tertiary/aromatic N) is 1. The van der Waals surface area contributed by atoms with Gasteiger partial charge >= 0.3 is 0 Å². The van der Waals surface area contributed by atoms with Crippen molar-refractivity contribution in [1.29, 1.82) is 0 Å². The lowest BCUT2D eigenvalue weighted by Gasteiger charge is -2.14. The van der Waals surface area contributed by atoms with Crippen LogP contribution in [0.1, 0.15) is 23.2 Å². The molecular weight excluding hydrogens is 398 g/mol. The van der Waals surface area contributed by atoms with Crippen LogP contribution in [0.4, 0.5) is 13.9 Å². The van der Waals surface area contributed by atoms with Crippen molar-refractivity contribution in [2.24, 2.45) is 0 Å². The minimum Gasteiger partial charge on any atom is -0.490 e. The molecule has 8 heteroatoms. The lowest BCUT2D eigenvalue weighted by Crippen LogP contribution is -2.19. The summed E-state index contributed by atoms with van der Waals surface area (Å²) in [4.78, 5) is 16.9. The van der Waals surface area contributed by atoms with Crippen LogP contribution in [-0.2, 0) is 4.74 Å². The number of ether oxygens (including phenoxy) is 2. The molecular formula is C21H18F2N2O3S. The second-order valence-electron chi connectivity index (χ2n) is 6.56. The first kappa shape index (κ1) is 19.5. The second-order valence-corrected chi connectivity index (χ2v) is 7.42. The van der Waals surface area contributed by atoms with E-state index in [0.29, 0.717) is 17.9 Å². The summed E-state index contributed by atoms with van der Waals surface area (Å²) in [5.74, 6) is -1.08. The number of para-hydroxylation sites is 1. The molecule has 0 bridgehead atoms. The van der Waals surface area contributed by atoms with E-state index in [4.69, 9.17) is 9.47 Å². The van der Waals surface area contributed by atoms with Crippen LogP contribution >= 0.6 is 11.3 Å². The summed E-state index contributed by atoms with van der Waals surface area (Å²) >= 11 is 1.13. The fraction of sp³-hybridized carbons (Fsp3) is 0.238. The maximum absolute atomic E-state index is 13.9. The highest BCUT2D eigenvalue weighted by Gasteiger charge is 2.19. The van der Waals surface area contributed by atoms with Gasteiger partial charge < -0.3 is 9.47 Å². The Bertz CT molecular complexity index is 1020. The van der Waals surface area contributed by atoms with Crippen LogP contribution < -0.4 is 10.1 Å². The highest BCUT2D eigenvalue weighted by molar-refractivity contribution is 7.14. The summed E-state index contributed by atoms with van der Waals surface area (Å²) in [7, 11) is 0. The van der Waals surface area contributed by atoms with Crippen molar-refractivity contribution in [1.82, 2.24) is 4.98 Å². The lowest BCUT2D eigenvalue weighted by molar-refractivity contribution is 0.0673. The van der Waals surface area contributed by atoms with Gasteiger partial charge in [-0.05, 0) is 43.2 Å². The molecule has 1 saturated heterocycles. The topological polar surface area (TPSA) is 60.5 Å². The number of anilines is 1. The Morgan fingerprint density at radius 2 is 2.14 bits per heavy atom. The van der Waals surface area contributed by atoms with Crippen molar-refractivity contribution in [3.8, 4) is 17.0 Å². The van der Waals surface area contributed by atoms with E-state index in [9.17, 15) is 13.6 Å². The maximum atomic E-state index is 13.9. The number of halogens is 2. The van der Waals surface area contributed by atoms with Crippen LogP contribution in [0.3, 0.4) is 0 Å². The number of thiazole rings is 1. The Hall–Kier alpha value is -2.84. The van der Waals surface area contributed by atoms with E-state index in [1.165, 1.54) is 0 Å². The van der Waals surface area contributed by atoms with Crippen LogP contribution in [-0.4, -0.2) is 30.2 Å². The third-order valence-corrected chi connectivity index (χ3v) is 5.27. The predicted molar refractivity (Wildman–Crippen MR) is 106 cm³/mol. The summed E-state index contributed by atoms with van der Waals surface area (Å²) < 4.78 is 38.7. The number of carbonyl (C=O) groups is 1. The Morgan fingerprint density at radius 1 is 1.28 bits per heavy atom. The van der Waals surface area contributed by atoms with Crippen LogP contribution in [0, 0.1) is 11.6 Å². The number of aromatic nitrogens is 1. The van der Waals surface area contributed by atoms with Gasteiger partial charge in [0.25, 0.3) is 5.91 Å². The largest absolute Gasteiger partial charge is 0.490 e. The molecule has 1 atom stereocenters. The molecule has 1 aromatic heterocycles. The van der Waals surface area contributed by atoms with E-state index >= 15 is 0 Å². The van der Waals surface area contributed by atoms with Gasteiger partial charge in [-0.15, -0.1) is 11.3 Å². The number of nitrogens with one attached hydrogen (secondary N) is 1. The van der Waals surface area contributed by atoms with Crippen molar-refractivity contribution in [2.45, 2.75) is 18.9 Å². The second kappa shape index (κ2) is 8.67. The van der Waals surface area contributed by atoms with E-state index in [0.717, 1.165) is 49.0 Å². The number of benzene rings is 2. The average molecular weight is 416 g/mol. The van der Waals surface area contributed by atoms with Gasteiger partial charge in [0.05, 0.1) is 17.4 Å². The molecule has 0 aliphatic carbocycles. The molecule has 1 unspecified atom stereocenters. The summed E-state index contributed by atoms with van der Waals surface area (Å²) in [6, 6.07) is 10.1. The quantitative estimate of drug-likeness (QED) is 0.621. The van der Waals surface area contributed by atoms with Crippen molar-refractivity contribution in [2.75, 3.05) is 18.5 Å². The van der Waals surface area contributed by atoms with E-state index in [1.807, 2.05) is 0 Å². The van der Waals surface area contributed by atoms with Gasteiger partial charge in [0.15, 0.2) is 5.13 Å². The van der Waals surface area contributed by atoms with Crippen LogP contribution in [0.25, 0.3) is 11.3 Å². The number of rotatable bonds is 6. The lowest BCUT2D eigenvalue weighted by atomic mass is 10.1. The van der Waals surface area contributed by atoms with E-state index in [1.54, 1.807) is 29.6 Å². The summed E-state index contributed by atoms with van der Waals surface area (Å²) in [6.45, 7) is 1.11. The summed E-state index contributed by atoms with van der Waals surface area (Å²) in [5.41, 5.74) is 0.659. The van der Waals surface area contributed by atoms with Gasteiger partial charge in [0.2, 0.25) is 0 Å². The molecule has 1 fully saturated rings. The Morgan fingerprint density at radius 3 is 2.97 bits per heavy atom. The standard InChI is InChI=1S/C21H18F2N2O3S/c22-13-7-8-17(23)16(10-13)18-12-29-21(24-18)25-20(26)15-5-1-2-6-19(15)28-11-14-4-3-9-27-14/h1-2,5-8,10,12,14H,3-4,9,11H2,(H,24,25,26). The van der Waals surface area contributed by atoms with Crippen LogP contribution in [0.15, 0.2) is 47.8 Å². The third kappa shape index (κ3) is 4.60. The Kier molecular flexibility index (Phi) is 5.82. The summed E-state index contributed by atoms with van der Waals surface area (Å²) in [6.07, 6.45) is 1.98. The number of hydrogen-bond donors (Lipinski definition) is 1. The molecule has 0 radical (unpaired) electrons. The van der Waals surface area contributed by atoms with Gasteiger partial charge in [0.1, 0.15) is 24.0 Å². The van der Waals surface area contributed by atoms with Gasteiger partial charge in [0, 0.05) is 17.6 Å². The molecule has 2 aromatic carbocycles. The SMILES string of the molecule is O=C(Nc1nc(-c2cc(F)ccc2F)cs1)c1ccccc1OCC1CCCO1. The molecule has 1 N–H and O–H groups in total. The Balaban J connectivity index is 1.47. The zero-order valence-corrected chi connectivity index (χ0v) is 16.2. The number of amides is 1. The number of carbonyl (C=O) groups excluding carboxylic acids is 1. The fourth-order valence-corrected chi connectivity index (χ4v) is 3.76. The first-order chi connectivity index (χ1) is 14.1. The minimum atomic E-state index is -0.581. The minimum absolute atomic E-state index is 0.0359. The van der Waals surface area contributed by atoms with Crippen molar-refractivity contribution < 1.29 is 23.0 Å². The van der Waals surface area contributed by atoms with Gasteiger partial charge in [-0.3, -0.25) is 10.1 Å². The molecule has 29 heavy (non-hydrogen) atoms. The number of hydrogen-bond acceptors (Lipinski definition) is 5. The molecule has 5 nitrogen and oxygen atoms in total. The average Bonchev–Trinajstić information content (AvgIpc) is 3.40. The first-order valence-corrected chi connectivity index (χ1v) is 10.0. The third-order valence-electron chi connectivity index (χ3n) is 4.51. The highest BCUT2D eigenvalue weighted by atomic mass is 32.1. The van der Waals surface area contributed by atoms with E-state index in [2.05, 4.69) is 10.3 Å². The van der Waals surface area contributed by atoms with Gasteiger partial charge in [-0.2, -0.15) is 0 Å². The molecule has 1 aliphatic rings. The summed E-state index contributed by atoms with van der Waals surface area (Å²) in [5, 5.41) is 4.53. The smallest absolute Gasteiger partial charge is 0.261 e. The van der Waals surface area contributed by atoms with Crippen LogP contribution in [0.2, 0.25) is 0 Å². The molecule has 0 spiro atoms. The molecule has 3 aromatic rings. The van der Waals surface area contributed by atoms with Crippen molar-refractivity contribution in [3.05, 3.63) is 65.0 Å². The van der Waals surface area contributed by atoms with E-state index < -0.39 is 17.5 Å². The van der Waals surface area contributed by atoms with Gasteiger partial charge in [-0.25, -0.2) is 13.8 Å². The maximum Gasteiger partial charge on any atom is 0.261 e. The zero-order chi connectivity index (χ0) is 20.2. The molecule has 150 valence electrons. The molecule has 0 saturated carbocycles. The Labute approximate surface area is 170 Å². The molecule has 1 aliphatic heterocycles. The normalized spacial score (nSPS) is 16.0. The first-order valence-electron chi connectivity index (χ1n) is 9.16. The fourth-order valence-electron chi connectivity index (χ4n) is 3.05. The van der Waals surface area contributed by atoms with Crippen LogP contribution in [0.5, 0.6) is 5.75 Å². The van der Waals surface area contributed by atoms with Gasteiger partial charge in [-0.1, -0.05) is 12.1 Å².